The van der Waals surface area contributed by atoms with Crippen molar-refractivity contribution < 1.29 is 23.9 Å². The highest BCUT2D eigenvalue weighted by atomic mass is 35.5. The number of nitrogens with one attached hydrogen (secondary N) is 1. The van der Waals surface area contributed by atoms with Crippen molar-refractivity contribution in [3.8, 4) is 5.75 Å². The molecule has 0 radical (unpaired) electrons. The van der Waals surface area contributed by atoms with Crippen LogP contribution in [0.1, 0.15) is 18.9 Å². The summed E-state index contributed by atoms with van der Waals surface area (Å²) in [7, 11) is 1.56. The normalized spacial score (nSPS) is 15.4. The van der Waals surface area contributed by atoms with Crippen LogP contribution in [0.25, 0.3) is 0 Å². The van der Waals surface area contributed by atoms with Crippen LogP contribution in [0, 0.1) is 0 Å². The van der Waals surface area contributed by atoms with E-state index in [2.05, 4.69) is 5.32 Å². The van der Waals surface area contributed by atoms with Gasteiger partial charge in [-0.1, -0.05) is 23.7 Å². The summed E-state index contributed by atoms with van der Waals surface area (Å²) in [5.41, 5.74) is 1.58. The van der Waals surface area contributed by atoms with E-state index in [9.17, 15) is 14.4 Å². The lowest BCUT2D eigenvalue weighted by atomic mass is 10.1. The van der Waals surface area contributed by atoms with Crippen molar-refractivity contribution in [2.75, 3.05) is 32.1 Å². The van der Waals surface area contributed by atoms with Crippen LogP contribution >= 0.6 is 23.8 Å². The summed E-state index contributed by atoms with van der Waals surface area (Å²) in [6, 6.07) is 13.4. The Morgan fingerprint density at radius 3 is 2.41 bits per heavy atom. The van der Waals surface area contributed by atoms with Crippen LogP contribution in [0.5, 0.6) is 5.75 Å². The third-order valence-electron chi connectivity index (χ3n) is 5.30. The molecule has 2 amide bonds. The molecule has 1 heterocycles. The molecule has 10 heteroatoms. The van der Waals surface area contributed by atoms with Crippen LogP contribution < -0.4 is 10.1 Å². The minimum atomic E-state index is -0.826. The maximum atomic E-state index is 13.2. The van der Waals surface area contributed by atoms with E-state index in [0.717, 1.165) is 5.56 Å². The van der Waals surface area contributed by atoms with Gasteiger partial charge in [0.15, 0.2) is 5.11 Å². The first-order chi connectivity index (χ1) is 16.3. The minimum absolute atomic E-state index is 0.120. The van der Waals surface area contributed by atoms with Gasteiger partial charge in [-0.2, -0.15) is 0 Å². The standard InChI is InChI=1S/C24H26ClN3O5S/c1-3-33-22(30)15-28-23(31)20(14-21(29)26-18-8-10-19(32-2)11-9-18)27(24(28)34)13-12-16-4-6-17(25)7-5-16/h4-11,20H,3,12-15H2,1-2H3,(H,26,29). The van der Waals surface area contributed by atoms with E-state index < -0.39 is 17.9 Å². The molecule has 1 N–H and O–H groups in total. The molecular weight excluding hydrogens is 478 g/mol. The van der Waals surface area contributed by atoms with Crippen molar-refractivity contribution in [2.24, 2.45) is 0 Å². The minimum Gasteiger partial charge on any atom is -0.497 e. The average molecular weight is 504 g/mol. The number of amides is 2. The third-order valence-corrected chi connectivity index (χ3v) is 6.01. The molecule has 1 aliphatic heterocycles. The van der Waals surface area contributed by atoms with Crippen molar-refractivity contribution in [1.82, 2.24) is 9.80 Å². The molecule has 1 atom stereocenters. The van der Waals surface area contributed by atoms with Gasteiger partial charge in [0.05, 0.1) is 20.1 Å². The van der Waals surface area contributed by atoms with Crippen molar-refractivity contribution in [2.45, 2.75) is 25.8 Å². The molecule has 0 aromatic heterocycles. The number of anilines is 1. The number of halogens is 1. The highest BCUT2D eigenvalue weighted by molar-refractivity contribution is 7.80. The number of hydrogen-bond donors (Lipinski definition) is 1. The predicted molar refractivity (Wildman–Crippen MR) is 133 cm³/mol. The largest absolute Gasteiger partial charge is 0.497 e. The lowest BCUT2D eigenvalue weighted by Gasteiger charge is -2.24. The Bertz CT molecular complexity index is 1050. The van der Waals surface area contributed by atoms with Gasteiger partial charge in [0, 0.05) is 17.3 Å². The number of rotatable bonds is 10. The number of benzene rings is 2. The lowest BCUT2D eigenvalue weighted by Crippen LogP contribution is -2.39. The summed E-state index contributed by atoms with van der Waals surface area (Å²) in [5.74, 6) is -0.642. The summed E-state index contributed by atoms with van der Waals surface area (Å²) in [6.07, 6.45) is 0.458. The van der Waals surface area contributed by atoms with E-state index in [1.165, 1.54) is 4.90 Å². The number of nitrogens with zero attached hydrogens (tertiary/aromatic N) is 2. The second kappa shape index (κ2) is 11.8. The molecule has 1 fully saturated rings. The number of thiocarbonyl (C=S) groups is 1. The summed E-state index contributed by atoms with van der Waals surface area (Å²) >= 11 is 11.5. The van der Waals surface area contributed by atoms with Gasteiger partial charge in [0.25, 0.3) is 5.91 Å². The van der Waals surface area contributed by atoms with Gasteiger partial charge < -0.3 is 19.7 Å². The molecule has 2 aromatic rings. The molecule has 2 aromatic carbocycles. The monoisotopic (exact) mass is 503 g/mol. The molecular formula is C24H26ClN3O5S. The van der Waals surface area contributed by atoms with Crippen LogP contribution in [0.4, 0.5) is 5.69 Å². The Balaban J connectivity index is 1.73. The number of methoxy groups -OCH3 is 1. The maximum absolute atomic E-state index is 13.2. The Morgan fingerprint density at radius 1 is 1.12 bits per heavy atom. The molecule has 0 bridgehead atoms. The molecule has 34 heavy (non-hydrogen) atoms. The molecule has 0 saturated carbocycles. The zero-order chi connectivity index (χ0) is 24.7. The number of esters is 1. The van der Waals surface area contributed by atoms with Crippen molar-refractivity contribution in [1.29, 1.82) is 0 Å². The zero-order valence-electron chi connectivity index (χ0n) is 19.0. The first-order valence-corrected chi connectivity index (χ1v) is 11.6. The van der Waals surface area contributed by atoms with Gasteiger partial charge in [0.2, 0.25) is 5.91 Å². The van der Waals surface area contributed by atoms with E-state index in [1.54, 1.807) is 55.3 Å². The molecule has 3 rings (SSSR count). The number of ether oxygens (including phenoxy) is 2. The van der Waals surface area contributed by atoms with E-state index in [-0.39, 0.29) is 30.6 Å². The summed E-state index contributed by atoms with van der Waals surface area (Å²) < 4.78 is 10.1. The smallest absolute Gasteiger partial charge is 0.326 e. The first kappa shape index (κ1) is 25.5. The van der Waals surface area contributed by atoms with Crippen LogP contribution in [0.15, 0.2) is 48.5 Å². The number of carbonyl (C=O) groups is 3. The number of hydrogen-bond acceptors (Lipinski definition) is 6. The second-order valence-corrected chi connectivity index (χ2v) is 8.38. The van der Waals surface area contributed by atoms with Gasteiger partial charge in [0.1, 0.15) is 18.3 Å². The average Bonchev–Trinajstić information content (AvgIpc) is 3.03. The first-order valence-electron chi connectivity index (χ1n) is 10.8. The van der Waals surface area contributed by atoms with Crippen molar-refractivity contribution in [3.63, 3.8) is 0 Å². The summed E-state index contributed by atoms with van der Waals surface area (Å²) in [4.78, 5) is 40.9. The van der Waals surface area contributed by atoms with Crippen LogP contribution in [-0.2, 0) is 25.5 Å². The quantitative estimate of drug-likeness (QED) is 0.393. The highest BCUT2D eigenvalue weighted by Gasteiger charge is 2.44. The summed E-state index contributed by atoms with van der Waals surface area (Å²) in [6.45, 7) is 1.99. The molecule has 1 unspecified atom stereocenters. The molecule has 1 aliphatic rings. The molecule has 180 valence electrons. The van der Waals surface area contributed by atoms with Crippen molar-refractivity contribution in [3.05, 3.63) is 59.1 Å². The predicted octanol–water partition coefficient (Wildman–Crippen LogP) is 3.28. The van der Waals surface area contributed by atoms with Gasteiger partial charge in [-0.3, -0.25) is 19.3 Å². The second-order valence-electron chi connectivity index (χ2n) is 7.58. The molecule has 0 aliphatic carbocycles. The fourth-order valence-electron chi connectivity index (χ4n) is 3.59. The van der Waals surface area contributed by atoms with E-state index in [0.29, 0.717) is 29.4 Å². The van der Waals surface area contributed by atoms with E-state index in [1.807, 2.05) is 12.1 Å². The van der Waals surface area contributed by atoms with Crippen LogP contribution in [-0.4, -0.2) is 65.5 Å². The molecule has 0 spiro atoms. The lowest BCUT2D eigenvalue weighted by molar-refractivity contribution is -0.146. The number of carbonyl (C=O) groups excluding carboxylic acids is 3. The Hall–Kier alpha value is -3.17. The van der Waals surface area contributed by atoms with Gasteiger partial charge in [-0.25, -0.2) is 0 Å². The molecule has 8 nitrogen and oxygen atoms in total. The third kappa shape index (κ3) is 6.45. The van der Waals surface area contributed by atoms with Gasteiger partial charge in [-0.05, 0) is 67.5 Å². The van der Waals surface area contributed by atoms with Crippen LogP contribution in [0.2, 0.25) is 5.02 Å². The zero-order valence-corrected chi connectivity index (χ0v) is 20.5. The fraction of sp³-hybridized carbons (Fsp3) is 0.333. The van der Waals surface area contributed by atoms with Crippen LogP contribution in [0.3, 0.4) is 0 Å². The fourth-order valence-corrected chi connectivity index (χ4v) is 4.09. The van der Waals surface area contributed by atoms with E-state index >= 15 is 0 Å². The summed E-state index contributed by atoms with van der Waals surface area (Å²) in [5, 5.41) is 3.62. The maximum Gasteiger partial charge on any atom is 0.326 e. The Labute approximate surface area is 208 Å². The van der Waals surface area contributed by atoms with Crippen molar-refractivity contribution >= 4 is 52.4 Å². The van der Waals surface area contributed by atoms with E-state index in [4.69, 9.17) is 33.3 Å². The Morgan fingerprint density at radius 2 is 1.79 bits per heavy atom. The SMILES string of the molecule is CCOC(=O)CN1C(=O)C(CC(=O)Nc2ccc(OC)cc2)N(CCc2ccc(Cl)cc2)C1=S. The Kier molecular flexibility index (Phi) is 8.84. The highest BCUT2D eigenvalue weighted by Crippen LogP contribution is 2.23. The molecule has 1 saturated heterocycles. The van der Waals surface area contributed by atoms with Gasteiger partial charge >= 0.3 is 5.97 Å². The topological polar surface area (TPSA) is 88.2 Å². The van der Waals surface area contributed by atoms with Gasteiger partial charge in [-0.15, -0.1) is 0 Å².